The average Bonchev–Trinajstić information content (AvgIpc) is 3.04. The zero-order valence-corrected chi connectivity index (χ0v) is 18.8. The van der Waals surface area contributed by atoms with Gasteiger partial charge in [0.2, 0.25) is 0 Å². The Hall–Kier alpha value is -4.19. The molecule has 0 spiro atoms. The Morgan fingerprint density at radius 1 is 0.818 bits per heavy atom. The fraction of sp³-hybridized carbons (Fsp3) is 0.148. The number of fused-ring (bicyclic) bond motifs is 1. The van der Waals surface area contributed by atoms with E-state index in [1.807, 2.05) is 42.7 Å². The van der Waals surface area contributed by atoms with Crippen LogP contribution in [-0.4, -0.2) is 22.3 Å². The van der Waals surface area contributed by atoms with E-state index < -0.39 is 11.9 Å². The van der Waals surface area contributed by atoms with Gasteiger partial charge in [0, 0.05) is 29.3 Å². The molecule has 0 saturated carbocycles. The van der Waals surface area contributed by atoms with Gasteiger partial charge in [0.15, 0.2) is 5.78 Å². The van der Waals surface area contributed by atoms with Crippen LogP contribution in [0.25, 0.3) is 16.6 Å². The average molecular weight is 441 g/mol. The van der Waals surface area contributed by atoms with Gasteiger partial charge in [-0.15, -0.1) is 0 Å². The van der Waals surface area contributed by atoms with E-state index in [0.29, 0.717) is 10.9 Å². The summed E-state index contributed by atoms with van der Waals surface area (Å²) in [4.78, 5) is 36.7. The predicted octanol–water partition coefficient (Wildman–Crippen LogP) is 5.59. The van der Waals surface area contributed by atoms with Crippen LogP contribution in [0.2, 0.25) is 0 Å². The summed E-state index contributed by atoms with van der Waals surface area (Å²) in [6, 6.07) is 19.6. The summed E-state index contributed by atoms with van der Waals surface area (Å²) < 4.78 is 12.7. The monoisotopic (exact) mass is 441 g/mol. The van der Waals surface area contributed by atoms with E-state index in [9.17, 15) is 14.4 Å². The summed E-state index contributed by atoms with van der Waals surface area (Å²) in [7, 11) is 0. The number of rotatable bonds is 5. The number of hydrogen-bond donors (Lipinski definition) is 0. The standard InChI is InChI=1S/C27H23NO5/c1-16-8-7-9-20(14-16)28-17(2)26(18(3)29)23-15-21(12-13-24(23)28)33-27(31)22-10-5-6-11-25(22)32-19(4)30/h5-15H,1-4H3. The first-order valence-corrected chi connectivity index (χ1v) is 10.5. The van der Waals surface area contributed by atoms with Crippen LogP contribution in [0, 0.1) is 13.8 Å². The maximum absolute atomic E-state index is 12.8. The number of aryl methyl sites for hydroxylation is 1. The lowest BCUT2D eigenvalue weighted by atomic mass is 10.1. The highest BCUT2D eigenvalue weighted by Crippen LogP contribution is 2.33. The van der Waals surface area contributed by atoms with E-state index in [4.69, 9.17) is 9.47 Å². The Bertz CT molecular complexity index is 1410. The van der Waals surface area contributed by atoms with Crippen LogP contribution in [0.3, 0.4) is 0 Å². The smallest absolute Gasteiger partial charge is 0.347 e. The molecule has 0 N–H and O–H groups in total. The van der Waals surface area contributed by atoms with Gasteiger partial charge in [-0.3, -0.25) is 9.59 Å². The maximum atomic E-state index is 12.8. The highest BCUT2D eigenvalue weighted by molar-refractivity contribution is 6.09. The number of hydrogen-bond acceptors (Lipinski definition) is 5. The molecule has 0 saturated heterocycles. The van der Waals surface area contributed by atoms with E-state index in [1.54, 1.807) is 24.3 Å². The highest BCUT2D eigenvalue weighted by atomic mass is 16.5. The summed E-state index contributed by atoms with van der Waals surface area (Å²) >= 11 is 0. The second-order valence-corrected chi connectivity index (χ2v) is 7.85. The van der Waals surface area contributed by atoms with E-state index in [1.165, 1.54) is 26.0 Å². The molecule has 4 aromatic rings. The van der Waals surface area contributed by atoms with Crippen molar-refractivity contribution in [1.82, 2.24) is 4.57 Å². The number of carbonyl (C=O) groups is 3. The molecule has 0 aliphatic rings. The summed E-state index contributed by atoms with van der Waals surface area (Å²) in [5.41, 5.74) is 4.41. The highest BCUT2D eigenvalue weighted by Gasteiger charge is 2.21. The Morgan fingerprint density at radius 3 is 2.27 bits per heavy atom. The van der Waals surface area contributed by atoms with Gasteiger partial charge >= 0.3 is 11.9 Å². The number of para-hydroxylation sites is 1. The molecular formula is C27H23NO5. The summed E-state index contributed by atoms with van der Waals surface area (Å²) in [5.74, 6) is -0.857. The van der Waals surface area contributed by atoms with Gasteiger partial charge in [-0.2, -0.15) is 0 Å². The van der Waals surface area contributed by atoms with Crippen molar-refractivity contribution in [1.29, 1.82) is 0 Å². The minimum Gasteiger partial charge on any atom is -0.426 e. The Morgan fingerprint density at radius 2 is 1.58 bits per heavy atom. The molecule has 0 radical (unpaired) electrons. The second-order valence-electron chi connectivity index (χ2n) is 7.85. The molecule has 33 heavy (non-hydrogen) atoms. The number of aromatic nitrogens is 1. The van der Waals surface area contributed by atoms with E-state index in [-0.39, 0.29) is 22.8 Å². The fourth-order valence-corrected chi connectivity index (χ4v) is 4.05. The minimum absolute atomic E-state index is 0.0763. The zero-order chi connectivity index (χ0) is 23.7. The van der Waals surface area contributed by atoms with Crippen molar-refractivity contribution in [2.24, 2.45) is 0 Å². The Labute approximate surface area is 191 Å². The molecule has 0 amide bonds. The number of ketones is 1. The van der Waals surface area contributed by atoms with Gasteiger partial charge in [-0.25, -0.2) is 4.79 Å². The minimum atomic E-state index is -0.662. The largest absolute Gasteiger partial charge is 0.426 e. The van der Waals surface area contributed by atoms with Crippen LogP contribution in [0.4, 0.5) is 0 Å². The first kappa shape index (κ1) is 22.0. The lowest BCUT2D eigenvalue weighted by Crippen LogP contribution is -2.12. The molecule has 1 heterocycles. The third-order valence-corrected chi connectivity index (χ3v) is 5.36. The molecule has 0 unspecified atom stereocenters. The van der Waals surface area contributed by atoms with Crippen molar-refractivity contribution < 1.29 is 23.9 Å². The zero-order valence-electron chi connectivity index (χ0n) is 18.8. The number of Topliss-reactive ketones (excluding diaryl/α,β-unsaturated/α-hetero) is 1. The number of benzene rings is 3. The van der Waals surface area contributed by atoms with Gasteiger partial charge in [-0.05, 0) is 68.8 Å². The van der Waals surface area contributed by atoms with Crippen molar-refractivity contribution >= 4 is 28.6 Å². The van der Waals surface area contributed by atoms with Crippen LogP contribution >= 0.6 is 0 Å². The molecule has 0 aliphatic carbocycles. The topological polar surface area (TPSA) is 74.6 Å². The SMILES string of the molecule is CC(=O)Oc1ccccc1C(=O)Oc1ccc2c(c1)c(C(C)=O)c(C)n2-c1cccc(C)c1. The molecule has 0 aliphatic heterocycles. The van der Waals surface area contributed by atoms with Gasteiger partial charge < -0.3 is 14.0 Å². The third-order valence-electron chi connectivity index (χ3n) is 5.36. The van der Waals surface area contributed by atoms with Crippen molar-refractivity contribution in [2.45, 2.75) is 27.7 Å². The van der Waals surface area contributed by atoms with Crippen molar-refractivity contribution in [3.05, 3.63) is 89.1 Å². The maximum Gasteiger partial charge on any atom is 0.347 e. The van der Waals surface area contributed by atoms with Gasteiger partial charge in [-0.1, -0.05) is 24.3 Å². The van der Waals surface area contributed by atoms with E-state index in [0.717, 1.165) is 22.5 Å². The molecular weight excluding hydrogens is 418 g/mol. The number of carbonyl (C=O) groups excluding carboxylic acids is 3. The predicted molar refractivity (Wildman–Crippen MR) is 125 cm³/mol. The van der Waals surface area contributed by atoms with Gasteiger partial charge in [0.25, 0.3) is 0 Å². The lowest BCUT2D eigenvalue weighted by Gasteiger charge is -2.10. The van der Waals surface area contributed by atoms with Crippen LogP contribution in [0.1, 0.15) is 45.8 Å². The fourth-order valence-electron chi connectivity index (χ4n) is 4.05. The van der Waals surface area contributed by atoms with Crippen LogP contribution in [-0.2, 0) is 4.79 Å². The number of esters is 2. The Balaban J connectivity index is 1.78. The molecule has 6 nitrogen and oxygen atoms in total. The first-order valence-electron chi connectivity index (χ1n) is 10.5. The van der Waals surface area contributed by atoms with Crippen molar-refractivity contribution in [2.75, 3.05) is 0 Å². The van der Waals surface area contributed by atoms with E-state index in [2.05, 4.69) is 6.07 Å². The molecule has 3 aromatic carbocycles. The molecule has 1 aromatic heterocycles. The van der Waals surface area contributed by atoms with Crippen LogP contribution in [0.15, 0.2) is 66.7 Å². The molecule has 0 fully saturated rings. The molecule has 4 rings (SSSR count). The van der Waals surface area contributed by atoms with Crippen molar-refractivity contribution in [3.63, 3.8) is 0 Å². The second kappa shape index (κ2) is 8.74. The van der Waals surface area contributed by atoms with Crippen molar-refractivity contribution in [3.8, 4) is 17.2 Å². The van der Waals surface area contributed by atoms with E-state index >= 15 is 0 Å². The lowest BCUT2D eigenvalue weighted by molar-refractivity contribution is -0.131. The summed E-state index contributed by atoms with van der Waals surface area (Å²) in [6.45, 7) is 6.71. The summed E-state index contributed by atoms with van der Waals surface area (Å²) in [5, 5.41) is 0.695. The van der Waals surface area contributed by atoms with Crippen LogP contribution in [0.5, 0.6) is 11.5 Å². The van der Waals surface area contributed by atoms with Crippen LogP contribution < -0.4 is 9.47 Å². The molecule has 166 valence electrons. The normalized spacial score (nSPS) is 10.8. The van der Waals surface area contributed by atoms with Gasteiger partial charge in [0.1, 0.15) is 17.1 Å². The third kappa shape index (κ3) is 4.28. The van der Waals surface area contributed by atoms with Gasteiger partial charge in [0.05, 0.1) is 5.52 Å². The number of nitrogens with zero attached hydrogens (tertiary/aromatic N) is 1. The molecule has 0 atom stereocenters. The number of ether oxygens (including phenoxy) is 2. The molecule has 0 bridgehead atoms. The first-order chi connectivity index (χ1) is 15.8. The molecule has 6 heteroatoms. The Kier molecular flexibility index (Phi) is 5.84. The summed E-state index contributed by atoms with van der Waals surface area (Å²) in [6.07, 6.45) is 0. The quantitative estimate of drug-likeness (QED) is 0.229.